The number of rotatable bonds is 1. The van der Waals surface area contributed by atoms with Crippen LogP contribution in [-0.2, 0) is 10.1 Å². The summed E-state index contributed by atoms with van der Waals surface area (Å²) in [6.45, 7) is 0. The highest BCUT2D eigenvalue weighted by molar-refractivity contribution is 7.85. The second-order valence-electron chi connectivity index (χ2n) is 3.21. The predicted molar refractivity (Wildman–Crippen MR) is 66.7 cm³/mol. The molecule has 2 aromatic carbocycles. The molecule has 0 spiro atoms. The molecule has 0 bridgehead atoms. The molecule has 4 nitrogen and oxygen atoms in total. The maximum atomic E-state index is 10.9. The van der Waals surface area contributed by atoms with Crippen molar-refractivity contribution in [1.29, 1.82) is 0 Å². The van der Waals surface area contributed by atoms with Crippen LogP contribution in [0.3, 0.4) is 0 Å². The Bertz CT molecular complexity index is 625. The molecule has 82 valence electrons. The highest BCUT2D eigenvalue weighted by Crippen LogP contribution is 2.23. The van der Waals surface area contributed by atoms with Gasteiger partial charge in [-0.1, -0.05) is 18.2 Å². The van der Waals surface area contributed by atoms with Gasteiger partial charge in [0.2, 0.25) is 0 Å². The van der Waals surface area contributed by atoms with Gasteiger partial charge in [-0.3, -0.25) is 4.55 Å². The van der Waals surface area contributed by atoms with Crippen LogP contribution in [0.5, 0.6) is 0 Å². The third-order valence-electron chi connectivity index (χ3n) is 2.18. The predicted octanol–water partition coefficient (Wildman–Crippen LogP) is 0.752. The fourth-order valence-corrected chi connectivity index (χ4v) is 1.96. The van der Waals surface area contributed by atoms with Crippen LogP contribution in [0.1, 0.15) is 0 Å². The van der Waals surface area contributed by atoms with E-state index in [1.54, 1.807) is 24.3 Å². The van der Waals surface area contributed by atoms with E-state index in [1.807, 2.05) is 0 Å². The lowest BCUT2D eigenvalue weighted by atomic mass is 10.1. The zero-order valence-corrected chi connectivity index (χ0v) is 8.53. The van der Waals surface area contributed by atoms with E-state index in [2.05, 4.69) is 0 Å². The number of hydrogen-bond donors (Lipinski definition) is 2. The molecule has 0 amide bonds. The molecule has 16 heavy (non-hydrogen) atoms. The van der Waals surface area contributed by atoms with Gasteiger partial charge in [0.15, 0.2) is 0 Å². The molecule has 6 heteroatoms. The van der Waals surface area contributed by atoms with Crippen molar-refractivity contribution in [2.24, 2.45) is 0 Å². The van der Waals surface area contributed by atoms with E-state index in [-0.39, 0.29) is 27.9 Å². The number of fused-ring (bicyclic) bond motifs is 1. The molecule has 0 aliphatic carbocycles. The first-order valence-electron chi connectivity index (χ1n) is 4.24. The van der Waals surface area contributed by atoms with Gasteiger partial charge in [-0.2, -0.15) is 8.42 Å². The van der Waals surface area contributed by atoms with E-state index < -0.39 is 10.1 Å². The van der Waals surface area contributed by atoms with E-state index in [4.69, 9.17) is 10.3 Å². The first-order chi connectivity index (χ1) is 6.98. The lowest BCUT2D eigenvalue weighted by Gasteiger charge is -2.03. The number of benzene rings is 2. The van der Waals surface area contributed by atoms with Crippen molar-refractivity contribution < 1.29 is 13.0 Å². The van der Waals surface area contributed by atoms with Gasteiger partial charge in [0, 0.05) is 11.1 Å². The summed E-state index contributed by atoms with van der Waals surface area (Å²) in [5.74, 6) is 0. The zero-order valence-electron chi connectivity index (χ0n) is 7.71. The fraction of sp³-hybridized carbons (Fsp3) is 0. The molecule has 0 aliphatic rings. The normalized spacial score (nSPS) is 11.1. The highest BCUT2D eigenvalue weighted by atomic mass is 32.2. The molecule has 0 fully saturated rings. The van der Waals surface area contributed by atoms with Gasteiger partial charge in [0.1, 0.15) is 0 Å². The summed E-state index contributed by atoms with van der Waals surface area (Å²) in [7, 11) is -4.15. The van der Waals surface area contributed by atoms with Crippen molar-refractivity contribution in [2.75, 3.05) is 5.73 Å². The van der Waals surface area contributed by atoms with Crippen molar-refractivity contribution >= 4 is 49.6 Å². The summed E-state index contributed by atoms with van der Waals surface area (Å²) in [4.78, 5) is -0.124. The third kappa shape index (κ3) is 2.46. The minimum absolute atomic E-state index is 0. The average Bonchev–Trinajstić information content (AvgIpc) is 2.16. The summed E-state index contributed by atoms with van der Waals surface area (Å²) in [6, 6.07) is 9.49. The second-order valence-corrected chi connectivity index (χ2v) is 4.63. The molecule has 0 aliphatic heterocycles. The molecular weight excluding hydrogens is 238 g/mol. The SMILES string of the molecule is Nc1cccc2cc(S(=O)(=O)O)ccc12.[MgH2]. The quantitative estimate of drug-likeness (QED) is 0.444. The minimum Gasteiger partial charge on any atom is -0.398 e. The van der Waals surface area contributed by atoms with Crippen LogP contribution < -0.4 is 5.73 Å². The molecular formula is C10H11MgNO3S. The maximum Gasteiger partial charge on any atom is 0.316 e. The Morgan fingerprint density at radius 2 is 1.81 bits per heavy atom. The molecule has 2 rings (SSSR count). The van der Waals surface area contributed by atoms with E-state index in [1.165, 1.54) is 12.1 Å². The molecule has 0 saturated heterocycles. The summed E-state index contributed by atoms with van der Waals surface area (Å²) in [5, 5.41) is 1.45. The smallest absolute Gasteiger partial charge is 0.316 e. The van der Waals surface area contributed by atoms with E-state index >= 15 is 0 Å². The summed E-state index contributed by atoms with van der Waals surface area (Å²) in [5.41, 5.74) is 6.28. The van der Waals surface area contributed by atoms with Crippen LogP contribution in [0.2, 0.25) is 0 Å². The number of hydrogen-bond acceptors (Lipinski definition) is 3. The summed E-state index contributed by atoms with van der Waals surface area (Å²) < 4.78 is 30.6. The van der Waals surface area contributed by atoms with E-state index in [0.29, 0.717) is 11.1 Å². The molecule has 3 N–H and O–H groups in total. The van der Waals surface area contributed by atoms with Crippen LogP contribution in [-0.4, -0.2) is 36.0 Å². The van der Waals surface area contributed by atoms with Crippen LogP contribution in [0, 0.1) is 0 Å². The monoisotopic (exact) mass is 249 g/mol. The van der Waals surface area contributed by atoms with Crippen molar-refractivity contribution in [3.8, 4) is 0 Å². The third-order valence-corrected chi connectivity index (χ3v) is 3.03. The van der Waals surface area contributed by atoms with Crippen LogP contribution in [0.15, 0.2) is 41.3 Å². The Balaban J connectivity index is 0.00000128. The van der Waals surface area contributed by atoms with Crippen molar-refractivity contribution in [3.63, 3.8) is 0 Å². The largest absolute Gasteiger partial charge is 0.398 e. The number of nitrogens with two attached hydrogens (primary N) is 1. The summed E-state index contributed by atoms with van der Waals surface area (Å²) >= 11 is 0. The number of nitrogen functional groups attached to an aromatic ring is 1. The minimum atomic E-state index is -4.15. The van der Waals surface area contributed by atoms with Crippen LogP contribution in [0.4, 0.5) is 5.69 Å². The topological polar surface area (TPSA) is 80.4 Å². The van der Waals surface area contributed by atoms with Crippen LogP contribution >= 0.6 is 0 Å². The maximum absolute atomic E-state index is 10.9. The highest BCUT2D eigenvalue weighted by Gasteiger charge is 2.09. The van der Waals surface area contributed by atoms with Crippen molar-refractivity contribution in [3.05, 3.63) is 36.4 Å². The Kier molecular flexibility index (Phi) is 3.79. The summed E-state index contributed by atoms with van der Waals surface area (Å²) in [6.07, 6.45) is 0. The lowest BCUT2D eigenvalue weighted by molar-refractivity contribution is 0.483. The van der Waals surface area contributed by atoms with Crippen molar-refractivity contribution in [2.45, 2.75) is 4.90 Å². The van der Waals surface area contributed by atoms with E-state index in [0.717, 1.165) is 5.39 Å². The lowest BCUT2D eigenvalue weighted by Crippen LogP contribution is -1.97. The number of anilines is 1. The van der Waals surface area contributed by atoms with Gasteiger partial charge in [-0.25, -0.2) is 0 Å². The van der Waals surface area contributed by atoms with Gasteiger partial charge in [0.05, 0.1) is 4.90 Å². The van der Waals surface area contributed by atoms with Crippen molar-refractivity contribution in [1.82, 2.24) is 0 Å². The fourth-order valence-electron chi connectivity index (χ4n) is 1.45. The molecule has 2 aromatic rings. The van der Waals surface area contributed by atoms with Crippen LogP contribution in [0.25, 0.3) is 10.8 Å². The molecule has 0 heterocycles. The first-order valence-corrected chi connectivity index (χ1v) is 5.68. The first kappa shape index (κ1) is 13.2. The Morgan fingerprint density at radius 1 is 1.12 bits per heavy atom. The van der Waals surface area contributed by atoms with Gasteiger partial charge in [0.25, 0.3) is 10.1 Å². The Hall–Kier alpha value is -0.824. The molecule has 0 unspecified atom stereocenters. The molecule has 0 radical (unpaired) electrons. The average molecular weight is 250 g/mol. The van der Waals surface area contributed by atoms with Gasteiger partial charge in [-0.15, -0.1) is 0 Å². The molecule has 0 aromatic heterocycles. The van der Waals surface area contributed by atoms with E-state index in [9.17, 15) is 8.42 Å². The zero-order chi connectivity index (χ0) is 11.1. The molecule has 0 atom stereocenters. The molecule has 0 saturated carbocycles. The Morgan fingerprint density at radius 3 is 2.44 bits per heavy atom. The standard InChI is InChI=1S/C10H9NO3S.Mg.2H/c11-10-3-1-2-7-6-8(15(12,13)14)4-5-9(7)10;;;/h1-6H,11H2,(H,12,13,14);;;. The van der Waals surface area contributed by atoms with Gasteiger partial charge < -0.3 is 5.73 Å². The van der Waals surface area contributed by atoms with Gasteiger partial charge in [-0.05, 0) is 23.6 Å². The Labute approximate surface area is 109 Å². The second kappa shape index (κ2) is 4.58. The van der Waals surface area contributed by atoms with Gasteiger partial charge >= 0.3 is 23.1 Å².